The third-order valence-electron chi connectivity index (χ3n) is 1.44. The van der Waals surface area contributed by atoms with E-state index in [0.29, 0.717) is 6.47 Å². The second-order valence-electron chi connectivity index (χ2n) is 2.37. The van der Waals surface area contributed by atoms with E-state index in [9.17, 15) is 9.90 Å². The van der Waals surface area contributed by atoms with Crippen molar-refractivity contribution in [3.8, 4) is 5.88 Å². The molecule has 5 heteroatoms. The van der Waals surface area contributed by atoms with Crippen molar-refractivity contribution >= 4 is 17.8 Å². The van der Waals surface area contributed by atoms with Crippen LogP contribution in [0.4, 0.5) is 0 Å². The van der Waals surface area contributed by atoms with Gasteiger partial charge in [-0.1, -0.05) is 6.92 Å². The first-order valence-electron chi connectivity index (χ1n) is 3.43. The fourth-order valence-corrected chi connectivity index (χ4v) is 1.57. The monoisotopic (exact) mass is 187 g/mol. The lowest BCUT2D eigenvalue weighted by atomic mass is 10.2. The maximum absolute atomic E-state index is 9.87. The lowest BCUT2D eigenvalue weighted by Crippen LogP contribution is -2.01. The zero-order valence-electron chi connectivity index (χ0n) is 6.56. The van der Waals surface area contributed by atoms with Gasteiger partial charge in [0.05, 0.1) is 17.0 Å². The highest BCUT2D eigenvalue weighted by Crippen LogP contribution is 2.28. The van der Waals surface area contributed by atoms with Gasteiger partial charge in [0, 0.05) is 5.92 Å². The Hall–Kier alpha value is -1.10. The van der Waals surface area contributed by atoms with Gasteiger partial charge in [-0.3, -0.25) is 4.79 Å². The van der Waals surface area contributed by atoms with Crippen molar-refractivity contribution in [2.45, 2.75) is 12.8 Å². The summed E-state index contributed by atoms with van der Waals surface area (Å²) in [5.74, 6) is 0.0321. The van der Waals surface area contributed by atoms with Gasteiger partial charge in [-0.05, 0) is 0 Å². The van der Waals surface area contributed by atoms with Crippen LogP contribution < -0.4 is 0 Å². The van der Waals surface area contributed by atoms with Crippen molar-refractivity contribution in [3.05, 3.63) is 10.4 Å². The van der Waals surface area contributed by atoms with Crippen molar-refractivity contribution in [3.63, 3.8) is 0 Å². The molecule has 0 spiro atoms. The standard InChI is InChI=1S/C7H9NO3S/c1-5(2-11-4-9)6-7(10)8-3-12-6/h3-5,10H,2H2,1H3. The van der Waals surface area contributed by atoms with Crippen LogP contribution in [0.15, 0.2) is 5.51 Å². The highest BCUT2D eigenvalue weighted by molar-refractivity contribution is 7.10. The van der Waals surface area contributed by atoms with Gasteiger partial charge < -0.3 is 9.84 Å². The molecule has 4 nitrogen and oxygen atoms in total. The summed E-state index contributed by atoms with van der Waals surface area (Å²) in [6, 6.07) is 0. The van der Waals surface area contributed by atoms with Crippen LogP contribution in [0, 0.1) is 0 Å². The summed E-state index contributed by atoms with van der Waals surface area (Å²) in [5.41, 5.74) is 1.56. The van der Waals surface area contributed by atoms with Gasteiger partial charge in [0.15, 0.2) is 0 Å². The largest absolute Gasteiger partial charge is 0.492 e. The van der Waals surface area contributed by atoms with Crippen molar-refractivity contribution in [1.29, 1.82) is 0 Å². The molecule has 0 aliphatic heterocycles. The zero-order valence-corrected chi connectivity index (χ0v) is 7.37. The molecule has 0 aliphatic carbocycles. The summed E-state index contributed by atoms with van der Waals surface area (Å²) in [4.78, 5) is 14.3. The minimum absolute atomic E-state index is 0.00250. The number of ether oxygens (including phenoxy) is 1. The molecule has 0 bridgehead atoms. The Morgan fingerprint density at radius 3 is 3.17 bits per heavy atom. The molecule has 1 N–H and O–H groups in total. The van der Waals surface area contributed by atoms with Gasteiger partial charge >= 0.3 is 0 Å². The first-order chi connectivity index (χ1) is 5.75. The lowest BCUT2D eigenvalue weighted by molar-refractivity contribution is -0.129. The minimum Gasteiger partial charge on any atom is -0.492 e. The molecule has 1 unspecified atom stereocenters. The molecule has 0 aliphatic rings. The van der Waals surface area contributed by atoms with Gasteiger partial charge in [0.2, 0.25) is 5.88 Å². The van der Waals surface area contributed by atoms with E-state index in [-0.39, 0.29) is 18.4 Å². The molecule has 12 heavy (non-hydrogen) atoms. The Balaban J connectivity index is 2.58. The molecule has 1 heterocycles. The van der Waals surface area contributed by atoms with Crippen LogP contribution in [0.2, 0.25) is 0 Å². The molecule has 0 radical (unpaired) electrons. The van der Waals surface area contributed by atoms with E-state index in [1.807, 2.05) is 6.92 Å². The van der Waals surface area contributed by atoms with E-state index >= 15 is 0 Å². The second kappa shape index (κ2) is 4.06. The molecule has 1 aromatic heterocycles. The van der Waals surface area contributed by atoms with E-state index in [1.165, 1.54) is 11.3 Å². The quantitative estimate of drug-likeness (QED) is 0.718. The number of hydrogen-bond donors (Lipinski definition) is 1. The highest BCUT2D eigenvalue weighted by Gasteiger charge is 2.13. The number of nitrogens with zero attached hydrogens (tertiary/aromatic N) is 1. The Kier molecular flexibility index (Phi) is 3.04. The summed E-state index contributed by atoms with van der Waals surface area (Å²) in [6.45, 7) is 2.53. The van der Waals surface area contributed by atoms with Crippen LogP contribution in [0.25, 0.3) is 0 Å². The third-order valence-corrected chi connectivity index (χ3v) is 2.49. The van der Waals surface area contributed by atoms with E-state index in [1.54, 1.807) is 5.51 Å². The first kappa shape index (κ1) is 8.99. The summed E-state index contributed by atoms with van der Waals surface area (Å²) in [5, 5.41) is 9.18. The smallest absolute Gasteiger partial charge is 0.293 e. The first-order valence-corrected chi connectivity index (χ1v) is 4.31. The summed E-state index contributed by atoms with van der Waals surface area (Å²) in [7, 11) is 0. The summed E-state index contributed by atoms with van der Waals surface area (Å²) >= 11 is 1.35. The molecule has 0 fully saturated rings. The molecule has 0 saturated heterocycles. The maximum Gasteiger partial charge on any atom is 0.293 e. The zero-order chi connectivity index (χ0) is 8.97. The van der Waals surface area contributed by atoms with Crippen LogP contribution in [-0.2, 0) is 9.53 Å². The number of thiazole rings is 1. The fourth-order valence-electron chi connectivity index (χ4n) is 0.845. The number of carbonyl (C=O) groups is 1. The average Bonchev–Trinajstić information content (AvgIpc) is 2.47. The van der Waals surface area contributed by atoms with Crippen molar-refractivity contribution < 1.29 is 14.6 Å². The van der Waals surface area contributed by atoms with Gasteiger partial charge in [-0.2, -0.15) is 0 Å². The van der Waals surface area contributed by atoms with E-state index in [0.717, 1.165) is 4.88 Å². The predicted octanol–water partition coefficient (Wildman–Crippen LogP) is 1.13. The number of carbonyl (C=O) groups excluding carboxylic acids is 1. The molecule has 1 rings (SSSR count). The minimum atomic E-state index is 0.00250. The van der Waals surface area contributed by atoms with Gasteiger partial charge in [-0.15, -0.1) is 11.3 Å². The molecule has 66 valence electrons. The molecule has 0 amide bonds. The van der Waals surface area contributed by atoms with Crippen LogP contribution in [0.5, 0.6) is 5.88 Å². The molecule has 0 saturated carbocycles. The Bertz CT molecular complexity index is 261. The summed E-state index contributed by atoms with van der Waals surface area (Å²) < 4.78 is 4.56. The van der Waals surface area contributed by atoms with Crippen LogP contribution in [0.3, 0.4) is 0 Å². The third kappa shape index (κ3) is 1.94. The SMILES string of the molecule is CC(COC=O)c1scnc1O. The van der Waals surface area contributed by atoms with Gasteiger partial charge in [0.1, 0.15) is 0 Å². The molecular formula is C7H9NO3S. The average molecular weight is 187 g/mol. The Morgan fingerprint density at radius 2 is 2.67 bits per heavy atom. The molecular weight excluding hydrogens is 178 g/mol. The highest BCUT2D eigenvalue weighted by atomic mass is 32.1. The Morgan fingerprint density at radius 1 is 1.92 bits per heavy atom. The predicted molar refractivity (Wildman–Crippen MR) is 44.2 cm³/mol. The second-order valence-corrected chi connectivity index (χ2v) is 3.26. The Labute approximate surface area is 73.8 Å². The van der Waals surface area contributed by atoms with Crippen LogP contribution >= 0.6 is 11.3 Å². The summed E-state index contributed by atoms with van der Waals surface area (Å²) in [6.07, 6.45) is 0. The maximum atomic E-state index is 9.87. The van der Waals surface area contributed by atoms with E-state index < -0.39 is 0 Å². The number of hydrogen-bond acceptors (Lipinski definition) is 5. The van der Waals surface area contributed by atoms with Crippen LogP contribution in [0.1, 0.15) is 17.7 Å². The van der Waals surface area contributed by atoms with Crippen molar-refractivity contribution in [2.24, 2.45) is 0 Å². The molecule has 1 aromatic rings. The van der Waals surface area contributed by atoms with E-state index in [2.05, 4.69) is 9.72 Å². The molecule has 1 atom stereocenters. The normalized spacial score (nSPS) is 12.4. The topological polar surface area (TPSA) is 59.4 Å². The lowest BCUT2D eigenvalue weighted by Gasteiger charge is -2.06. The van der Waals surface area contributed by atoms with E-state index in [4.69, 9.17) is 0 Å². The number of aromatic nitrogens is 1. The number of rotatable bonds is 4. The van der Waals surface area contributed by atoms with Gasteiger partial charge in [0.25, 0.3) is 6.47 Å². The van der Waals surface area contributed by atoms with Crippen LogP contribution in [-0.4, -0.2) is 23.2 Å². The van der Waals surface area contributed by atoms with Crippen molar-refractivity contribution in [1.82, 2.24) is 4.98 Å². The fraction of sp³-hybridized carbons (Fsp3) is 0.429. The van der Waals surface area contributed by atoms with Crippen molar-refractivity contribution in [2.75, 3.05) is 6.61 Å². The van der Waals surface area contributed by atoms with Gasteiger partial charge in [-0.25, -0.2) is 4.98 Å². The molecule has 0 aromatic carbocycles. The number of aromatic hydroxyl groups is 1.